The van der Waals surface area contributed by atoms with Crippen LogP contribution in [0.25, 0.3) is 10.9 Å². The predicted molar refractivity (Wildman–Crippen MR) is 95.9 cm³/mol. The topological polar surface area (TPSA) is 76.2 Å². The van der Waals surface area contributed by atoms with Gasteiger partial charge in [-0.3, -0.25) is 9.78 Å². The summed E-state index contributed by atoms with van der Waals surface area (Å²) in [5.41, 5.74) is 2.12. The summed E-state index contributed by atoms with van der Waals surface area (Å²) in [5, 5.41) is 3.85. The monoisotopic (exact) mass is 357 g/mol. The molecule has 0 saturated carbocycles. The van der Waals surface area contributed by atoms with Crippen molar-refractivity contribution in [2.45, 2.75) is 13.3 Å². The highest BCUT2D eigenvalue weighted by atomic mass is 19.1. The number of hydrogen-bond donors (Lipinski definition) is 2. The van der Waals surface area contributed by atoms with E-state index in [0.717, 1.165) is 34.8 Å². The Morgan fingerprint density at radius 3 is 2.77 bits per heavy atom. The van der Waals surface area contributed by atoms with Crippen LogP contribution in [0.1, 0.15) is 12.5 Å². The number of nitrogens with one attached hydrogen (secondary N) is 2. The molecule has 0 spiro atoms. The van der Waals surface area contributed by atoms with Crippen molar-refractivity contribution < 1.29 is 18.7 Å². The summed E-state index contributed by atoms with van der Waals surface area (Å²) in [7, 11) is 0. The molecule has 136 valence electrons. The Hall–Kier alpha value is -3.09. The molecule has 1 aromatic carbocycles. The number of pyridine rings is 1. The molecule has 0 bridgehead atoms. The summed E-state index contributed by atoms with van der Waals surface area (Å²) in [4.78, 5) is 17.9. The molecule has 2 aromatic heterocycles. The quantitative estimate of drug-likeness (QED) is 0.608. The second kappa shape index (κ2) is 8.33. The highest BCUT2D eigenvalue weighted by Crippen LogP contribution is 2.24. The van der Waals surface area contributed by atoms with Crippen molar-refractivity contribution in [2.75, 3.05) is 19.8 Å². The number of hydrogen-bond acceptors (Lipinski definition) is 4. The lowest BCUT2D eigenvalue weighted by Gasteiger charge is -2.09. The number of amides is 1. The standard InChI is InChI=1S/C19H20FN3O3/c1-13(24)22-5-4-14-10-23-19-3-2-16(9-18(14)19)25-6-7-26-17-8-15(20)11-21-12-17/h2-3,8-12,23H,4-7H2,1H3,(H,22,24). The fraction of sp³-hybridized carbons (Fsp3) is 0.263. The van der Waals surface area contributed by atoms with Crippen LogP contribution in [0.3, 0.4) is 0 Å². The lowest BCUT2D eigenvalue weighted by Crippen LogP contribution is -2.22. The summed E-state index contributed by atoms with van der Waals surface area (Å²) >= 11 is 0. The zero-order valence-electron chi connectivity index (χ0n) is 14.4. The molecule has 2 N–H and O–H groups in total. The number of nitrogens with zero attached hydrogens (tertiary/aromatic N) is 1. The third kappa shape index (κ3) is 4.72. The summed E-state index contributed by atoms with van der Waals surface area (Å²) in [5.74, 6) is 0.615. The van der Waals surface area contributed by atoms with Crippen LogP contribution >= 0.6 is 0 Å². The average molecular weight is 357 g/mol. The Labute approximate surface area is 150 Å². The van der Waals surface area contributed by atoms with E-state index >= 15 is 0 Å². The predicted octanol–water partition coefficient (Wildman–Crippen LogP) is 2.84. The van der Waals surface area contributed by atoms with Crippen LogP contribution in [0.2, 0.25) is 0 Å². The molecular formula is C19H20FN3O3. The number of carbonyl (C=O) groups excluding carboxylic acids is 1. The molecule has 3 rings (SSSR count). The van der Waals surface area contributed by atoms with Gasteiger partial charge in [-0.25, -0.2) is 4.39 Å². The van der Waals surface area contributed by atoms with E-state index in [1.807, 2.05) is 24.4 Å². The van der Waals surface area contributed by atoms with Crippen LogP contribution < -0.4 is 14.8 Å². The average Bonchev–Trinajstić information content (AvgIpc) is 3.01. The molecule has 1 amide bonds. The smallest absolute Gasteiger partial charge is 0.216 e. The molecule has 0 saturated heterocycles. The molecule has 3 aromatic rings. The van der Waals surface area contributed by atoms with Crippen LogP contribution in [0.5, 0.6) is 11.5 Å². The third-order valence-corrected chi connectivity index (χ3v) is 3.81. The molecule has 0 radical (unpaired) electrons. The zero-order valence-corrected chi connectivity index (χ0v) is 14.4. The van der Waals surface area contributed by atoms with Crippen LogP contribution in [0.15, 0.2) is 42.9 Å². The lowest BCUT2D eigenvalue weighted by molar-refractivity contribution is -0.118. The number of halogens is 1. The first kappa shape index (κ1) is 17.7. The van der Waals surface area contributed by atoms with E-state index < -0.39 is 5.82 Å². The van der Waals surface area contributed by atoms with Gasteiger partial charge in [0.1, 0.15) is 30.5 Å². The van der Waals surface area contributed by atoms with Gasteiger partial charge in [0.05, 0.1) is 12.4 Å². The van der Waals surface area contributed by atoms with Crippen molar-refractivity contribution in [3.8, 4) is 11.5 Å². The van der Waals surface area contributed by atoms with Gasteiger partial charge in [0.2, 0.25) is 5.91 Å². The molecule has 6 nitrogen and oxygen atoms in total. The van der Waals surface area contributed by atoms with E-state index in [0.29, 0.717) is 18.9 Å². The molecule has 7 heteroatoms. The van der Waals surface area contributed by atoms with Gasteiger partial charge in [0, 0.05) is 36.6 Å². The van der Waals surface area contributed by atoms with E-state index in [2.05, 4.69) is 15.3 Å². The molecule has 0 atom stereocenters. The van der Waals surface area contributed by atoms with Crippen molar-refractivity contribution in [2.24, 2.45) is 0 Å². The van der Waals surface area contributed by atoms with Crippen molar-refractivity contribution in [1.82, 2.24) is 15.3 Å². The molecular weight excluding hydrogens is 337 g/mol. The van der Waals surface area contributed by atoms with Crippen molar-refractivity contribution >= 4 is 16.8 Å². The maximum atomic E-state index is 13.0. The van der Waals surface area contributed by atoms with E-state index in [1.165, 1.54) is 19.2 Å². The zero-order chi connectivity index (χ0) is 18.4. The van der Waals surface area contributed by atoms with E-state index in [9.17, 15) is 9.18 Å². The highest BCUT2D eigenvalue weighted by molar-refractivity contribution is 5.84. The number of H-pyrrole nitrogens is 1. The number of rotatable bonds is 8. The van der Waals surface area contributed by atoms with Gasteiger partial charge in [-0.2, -0.15) is 0 Å². The fourth-order valence-electron chi connectivity index (χ4n) is 2.62. The minimum atomic E-state index is -0.437. The number of benzene rings is 1. The number of ether oxygens (including phenoxy) is 2. The minimum Gasteiger partial charge on any atom is -0.490 e. The number of carbonyl (C=O) groups is 1. The second-order valence-electron chi connectivity index (χ2n) is 5.79. The summed E-state index contributed by atoms with van der Waals surface area (Å²) in [6, 6.07) is 7.06. The third-order valence-electron chi connectivity index (χ3n) is 3.81. The highest BCUT2D eigenvalue weighted by Gasteiger charge is 2.06. The Morgan fingerprint density at radius 2 is 2.00 bits per heavy atom. The second-order valence-corrected chi connectivity index (χ2v) is 5.79. The first-order valence-corrected chi connectivity index (χ1v) is 8.32. The van der Waals surface area contributed by atoms with E-state index in [1.54, 1.807) is 0 Å². The maximum absolute atomic E-state index is 13.0. The van der Waals surface area contributed by atoms with Crippen LogP contribution in [-0.2, 0) is 11.2 Å². The first-order valence-electron chi connectivity index (χ1n) is 8.32. The van der Waals surface area contributed by atoms with Crippen molar-refractivity contribution in [3.63, 3.8) is 0 Å². The fourth-order valence-corrected chi connectivity index (χ4v) is 2.62. The first-order chi connectivity index (χ1) is 12.6. The largest absolute Gasteiger partial charge is 0.490 e. The Balaban J connectivity index is 1.55. The molecule has 0 aliphatic carbocycles. The minimum absolute atomic E-state index is 0.0395. The van der Waals surface area contributed by atoms with E-state index in [4.69, 9.17) is 9.47 Å². The van der Waals surface area contributed by atoms with Crippen molar-refractivity contribution in [1.29, 1.82) is 0 Å². The van der Waals surface area contributed by atoms with Gasteiger partial charge < -0.3 is 19.8 Å². The lowest BCUT2D eigenvalue weighted by atomic mass is 10.1. The Bertz CT molecular complexity index is 895. The molecule has 26 heavy (non-hydrogen) atoms. The van der Waals surface area contributed by atoms with Crippen LogP contribution in [0, 0.1) is 5.82 Å². The molecule has 0 aliphatic rings. The van der Waals surface area contributed by atoms with Gasteiger partial charge in [-0.05, 0) is 30.2 Å². The number of aromatic nitrogens is 2. The van der Waals surface area contributed by atoms with Gasteiger partial charge in [0.15, 0.2) is 0 Å². The molecule has 0 aliphatic heterocycles. The van der Waals surface area contributed by atoms with Gasteiger partial charge >= 0.3 is 0 Å². The number of fused-ring (bicyclic) bond motifs is 1. The van der Waals surface area contributed by atoms with Crippen LogP contribution in [-0.4, -0.2) is 35.6 Å². The summed E-state index contributed by atoms with van der Waals surface area (Å²) in [6.07, 6.45) is 5.25. The van der Waals surface area contributed by atoms with Gasteiger partial charge in [0.25, 0.3) is 0 Å². The maximum Gasteiger partial charge on any atom is 0.216 e. The summed E-state index contributed by atoms with van der Waals surface area (Å²) < 4.78 is 24.1. The Morgan fingerprint density at radius 1 is 1.19 bits per heavy atom. The van der Waals surface area contributed by atoms with Gasteiger partial charge in [-0.1, -0.05) is 0 Å². The van der Waals surface area contributed by atoms with Crippen LogP contribution in [0.4, 0.5) is 4.39 Å². The Kier molecular flexibility index (Phi) is 5.68. The molecule has 0 unspecified atom stereocenters. The van der Waals surface area contributed by atoms with E-state index in [-0.39, 0.29) is 12.5 Å². The molecule has 2 heterocycles. The normalized spacial score (nSPS) is 10.7. The SMILES string of the molecule is CC(=O)NCCc1c[nH]c2ccc(OCCOc3cncc(F)c3)cc12. The summed E-state index contributed by atoms with van der Waals surface area (Å²) in [6.45, 7) is 2.70. The van der Waals surface area contributed by atoms with Crippen molar-refractivity contribution in [3.05, 3.63) is 54.2 Å². The van der Waals surface area contributed by atoms with Gasteiger partial charge in [-0.15, -0.1) is 0 Å². The number of aromatic amines is 1. The molecule has 0 fully saturated rings.